The topological polar surface area (TPSA) is 30.8 Å². The third-order valence-corrected chi connectivity index (χ3v) is 1.71. The normalized spacial score (nSPS) is 11.2. The molecule has 0 saturated carbocycles. The van der Waals surface area contributed by atoms with E-state index in [0.717, 1.165) is 5.56 Å². The van der Waals surface area contributed by atoms with Gasteiger partial charge in [0.25, 0.3) is 5.90 Å². The maximum atomic E-state index is 5.72. The first kappa shape index (κ1) is 9.86. The molecule has 1 rings (SSSR count). The minimum absolute atomic E-state index is 0.430. The molecule has 13 heavy (non-hydrogen) atoms. The molecule has 0 aliphatic rings. The van der Waals surface area contributed by atoms with E-state index in [0.29, 0.717) is 10.9 Å². The number of hydrogen-bond acceptors (Lipinski definition) is 3. The number of benzene rings is 1. The maximum absolute atomic E-state index is 5.72. The van der Waals surface area contributed by atoms with Gasteiger partial charge in [-0.25, -0.2) is 0 Å². The van der Waals surface area contributed by atoms with Crippen LogP contribution in [0.5, 0.6) is 0 Å². The highest BCUT2D eigenvalue weighted by molar-refractivity contribution is 6.30. The third-order valence-electron chi connectivity index (χ3n) is 1.46. The predicted molar refractivity (Wildman–Crippen MR) is 52.0 cm³/mol. The summed E-state index contributed by atoms with van der Waals surface area (Å²) in [6.07, 6.45) is 0. The van der Waals surface area contributed by atoms with E-state index in [1.807, 2.05) is 12.1 Å². The minimum atomic E-state index is 0.430. The Hall–Kier alpha value is -1.22. The Kier molecular flexibility index (Phi) is 3.58. The first-order valence-corrected chi connectivity index (χ1v) is 4.07. The highest BCUT2D eigenvalue weighted by Crippen LogP contribution is 2.10. The van der Waals surface area contributed by atoms with E-state index in [1.165, 1.54) is 14.2 Å². The molecule has 0 heterocycles. The lowest BCUT2D eigenvalue weighted by atomic mass is 10.2. The average molecular weight is 200 g/mol. The number of nitrogens with zero attached hydrogens (tertiary/aromatic N) is 1. The molecule has 0 spiro atoms. The van der Waals surface area contributed by atoms with Crippen LogP contribution in [0.3, 0.4) is 0 Å². The second-order valence-corrected chi connectivity index (χ2v) is 2.73. The zero-order valence-electron chi connectivity index (χ0n) is 7.45. The molecular weight excluding hydrogens is 190 g/mol. The molecule has 0 bridgehead atoms. The van der Waals surface area contributed by atoms with E-state index in [-0.39, 0.29) is 0 Å². The molecular formula is C9H10ClNO2. The Balaban J connectivity index is 2.92. The summed E-state index contributed by atoms with van der Waals surface area (Å²) in [6.45, 7) is 0. The van der Waals surface area contributed by atoms with Gasteiger partial charge in [0.15, 0.2) is 0 Å². The van der Waals surface area contributed by atoms with Crippen LogP contribution < -0.4 is 0 Å². The van der Waals surface area contributed by atoms with Gasteiger partial charge in [0, 0.05) is 10.6 Å². The Bertz CT molecular complexity index is 295. The molecule has 0 saturated heterocycles. The molecule has 0 fully saturated rings. The van der Waals surface area contributed by atoms with Crippen molar-refractivity contribution in [3.8, 4) is 0 Å². The molecule has 1 aromatic carbocycles. The second kappa shape index (κ2) is 4.72. The van der Waals surface area contributed by atoms with Gasteiger partial charge >= 0.3 is 0 Å². The van der Waals surface area contributed by atoms with E-state index in [1.54, 1.807) is 12.1 Å². The van der Waals surface area contributed by atoms with Gasteiger partial charge in [0.1, 0.15) is 7.11 Å². The second-order valence-electron chi connectivity index (χ2n) is 2.29. The van der Waals surface area contributed by atoms with Gasteiger partial charge in [-0.05, 0) is 29.4 Å². The molecule has 0 unspecified atom stereocenters. The third kappa shape index (κ3) is 2.63. The summed E-state index contributed by atoms with van der Waals surface area (Å²) >= 11 is 5.72. The van der Waals surface area contributed by atoms with Crippen molar-refractivity contribution in [2.75, 3.05) is 14.2 Å². The van der Waals surface area contributed by atoms with Crippen molar-refractivity contribution < 1.29 is 9.57 Å². The summed E-state index contributed by atoms with van der Waals surface area (Å²) < 4.78 is 5.00. The SMILES string of the molecule is CO/N=C(\OC)c1ccc(Cl)cc1. The van der Waals surface area contributed by atoms with Crippen LogP contribution in [0.4, 0.5) is 0 Å². The van der Waals surface area contributed by atoms with Gasteiger partial charge in [-0.1, -0.05) is 11.6 Å². The van der Waals surface area contributed by atoms with Crippen molar-refractivity contribution in [1.29, 1.82) is 0 Å². The quantitative estimate of drug-likeness (QED) is 0.416. The van der Waals surface area contributed by atoms with E-state index in [9.17, 15) is 0 Å². The smallest absolute Gasteiger partial charge is 0.257 e. The van der Waals surface area contributed by atoms with Crippen LogP contribution in [0.15, 0.2) is 29.4 Å². The highest BCUT2D eigenvalue weighted by atomic mass is 35.5. The molecule has 3 nitrogen and oxygen atoms in total. The summed E-state index contributed by atoms with van der Waals surface area (Å²) in [6, 6.07) is 7.15. The molecule has 0 amide bonds. The van der Waals surface area contributed by atoms with Crippen molar-refractivity contribution in [1.82, 2.24) is 0 Å². The lowest BCUT2D eigenvalue weighted by Gasteiger charge is -2.03. The number of halogens is 1. The van der Waals surface area contributed by atoms with Crippen molar-refractivity contribution >= 4 is 17.5 Å². The maximum Gasteiger partial charge on any atom is 0.257 e. The van der Waals surface area contributed by atoms with Gasteiger partial charge in [0.2, 0.25) is 0 Å². The first-order chi connectivity index (χ1) is 6.27. The fourth-order valence-corrected chi connectivity index (χ4v) is 1.01. The van der Waals surface area contributed by atoms with Gasteiger partial charge < -0.3 is 9.57 Å². The summed E-state index contributed by atoms with van der Waals surface area (Å²) in [5, 5.41) is 4.37. The molecule has 4 heteroatoms. The minimum Gasteiger partial charge on any atom is -0.479 e. The molecule has 0 aromatic heterocycles. The van der Waals surface area contributed by atoms with Crippen LogP contribution in [0, 0.1) is 0 Å². The Labute approximate surface area is 81.9 Å². The van der Waals surface area contributed by atoms with Crippen LogP contribution in [0.25, 0.3) is 0 Å². The number of hydrogen-bond donors (Lipinski definition) is 0. The van der Waals surface area contributed by atoms with Crippen LogP contribution in [0.2, 0.25) is 5.02 Å². The van der Waals surface area contributed by atoms with Gasteiger partial charge in [-0.2, -0.15) is 0 Å². The highest BCUT2D eigenvalue weighted by Gasteiger charge is 2.02. The van der Waals surface area contributed by atoms with Gasteiger partial charge in [0.05, 0.1) is 7.11 Å². The van der Waals surface area contributed by atoms with Gasteiger partial charge in [-0.15, -0.1) is 0 Å². The monoisotopic (exact) mass is 199 g/mol. The molecule has 0 aliphatic heterocycles. The zero-order valence-corrected chi connectivity index (χ0v) is 8.21. The van der Waals surface area contributed by atoms with E-state index < -0.39 is 0 Å². The fraction of sp³-hybridized carbons (Fsp3) is 0.222. The summed E-state index contributed by atoms with van der Waals surface area (Å²) in [7, 11) is 3.00. The summed E-state index contributed by atoms with van der Waals surface area (Å²) in [4.78, 5) is 4.61. The fourth-order valence-electron chi connectivity index (χ4n) is 0.883. The van der Waals surface area contributed by atoms with Crippen LogP contribution in [-0.2, 0) is 9.57 Å². The molecule has 70 valence electrons. The predicted octanol–water partition coefficient (Wildman–Crippen LogP) is 2.29. The van der Waals surface area contributed by atoms with Crippen LogP contribution in [0.1, 0.15) is 5.56 Å². The first-order valence-electron chi connectivity index (χ1n) is 3.69. The van der Waals surface area contributed by atoms with E-state index in [4.69, 9.17) is 16.3 Å². The summed E-state index contributed by atoms with van der Waals surface area (Å²) in [5.41, 5.74) is 0.828. The zero-order chi connectivity index (χ0) is 9.68. The van der Waals surface area contributed by atoms with Crippen molar-refractivity contribution in [3.05, 3.63) is 34.9 Å². The standard InChI is InChI=1S/C9H10ClNO2/c1-12-9(11-13-2)7-3-5-8(10)6-4-7/h3-6H,1-2H3/b11-9-. The number of rotatable bonds is 2. The largest absolute Gasteiger partial charge is 0.479 e. The van der Waals surface area contributed by atoms with Crippen molar-refractivity contribution in [3.63, 3.8) is 0 Å². The Morgan fingerprint density at radius 1 is 1.23 bits per heavy atom. The molecule has 0 aliphatic carbocycles. The van der Waals surface area contributed by atoms with Gasteiger partial charge in [-0.3, -0.25) is 0 Å². The average Bonchev–Trinajstić information content (AvgIpc) is 2.16. The summed E-state index contributed by atoms with van der Waals surface area (Å²) in [5.74, 6) is 0.430. The van der Waals surface area contributed by atoms with E-state index >= 15 is 0 Å². The molecule has 1 aromatic rings. The molecule has 0 atom stereocenters. The lowest BCUT2D eigenvalue weighted by molar-refractivity contribution is 0.200. The number of ether oxygens (including phenoxy) is 1. The van der Waals surface area contributed by atoms with E-state index in [2.05, 4.69) is 9.99 Å². The number of methoxy groups -OCH3 is 1. The van der Waals surface area contributed by atoms with Crippen molar-refractivity contribution in [2.45, 2.75) is 0 Å². The van der Waals surface area contributed by atoms with Crippen molar-refractivity contribution in [2.24, 2.45) is 5.16 Å². The Morgan fingerprint density at radius 2 is 1.85 bits per heavy atom. The number of oxime groups is 1. The lowest BCUT2D eigenvalue weighted by Crippen LogP contribution is -2.03. The van der Waals surface area contributed by atoms with Crippen LogP contribution >= 0.6 is 11.6 Å². The molecule has 0 radical (unpaired) electrons. The Morgan fingerprint density at radius 3 is 2.31 bits per heavy atom. The molecule has 0 N–H and O–H groups in total. The van der Waals surface area contributed by atoms with Crippen LogP contribution in [-0.4, -0.2) is 20.1 Å².